The number of nitro benzene ring substituents is 1. The van der Waals surface area contributed by atoms with Crippen LogP contribution in [0.25, 0.3) is 5.69 Å². The second-order valence-corrected chi connectivity index (χ2v) is 4.96. The standard InChI is InChI=1S/C12H8N6O3S/c19-11(15-12-16-14-7-22-12)8-1-2-9(10(5-8)18(20)21)17-4-3-13-6-17/h1-7H,(H,15,16,19). The van der Waals surface area contributed by atoms with Crippen LogP contribution in [-0.4, -0.2) is 30.6 Å². The Morgan fingerprint density at radius 2 is 2.27 bits per heavy atom. The third-order valence-corrected chi connectivity index (χ3v) is 3.40. The van der Waals surface area contributed by atoms with Crippen molar-refractivity contribution in [1.29, 1.82) is 0 Å². The zero-order chi connectivity index (χ0) is 15.5. The van der Waals surface area contributed by atoms with Crippen LogP contribution >= 0.6 is 11.3 Å². The first-order valence-corrected chi connectivity index (χ1v) is 6.87. The van der Waals surface area contributed by atoms with Gasteiger partial charge in [0.05, 0.1) is 11.3 Å². The lowest BCUT2D eigenvalue weighted by Crippen LogP contribution is -2.12. The number of carbonyl (C=O) groups excluding carboxylic acids is 1. The molecule has 0 unspecified atom stereocenters. The first-order valence-electron chi connectivity index (χ1n) is 5.99. The van der Waals surface area contributed by atoms with Crippen LogP contribution in [0.3, 0.4) is 0 Å². The van der Waals surface area contributed by atoms with Gasteiger partial charge in [0.15, 0.2) is 0 Å². The smallest absolute Gasteiger partial charge is 0.294 e. The summed E-state index contributed by atoms with van der Waals surface area (Å²) in [4.78, 5) is 26.6. The molecule has 0 aliphatic rings. The summed E-state index contributed by atoms with van der Waals surface area (Å²) in [7, 11) is 0. The van der Waals surface area contributed by atoms with Gasteiger partial charge in [-0.25, -0.2) is 4.98 Å². The van der Waals surface area contributed by atoms with Gasteiger partial charge >= 0.3 is 0 Å². The van der Waals surface area contributed by atoms with Crippen molar-refractivity contribution >= 4 is 28.1 Å². The average molecular weight is 316 g/mol. The van der Waals surface area contributed by atoms with Crippen LogP contribution in [0, 0.1) is 10.1 Å². The van der Waals surface area contributed by atoms with E-state index in [1.54, 1.807) is 6.20 Å². The maximum atomic E-state index is 12.1. The summed E-state index contributed by atoms with van der Waals surface area (Å²) < 4.78 is 1.50. The number of anilines is 1. The van der Waals surface area contributed by atoms with Crippen molar-refractivity contribution in [2.75, 3.05) is 5.32 Å². The van der Waals surface area contributed by atoms with E-state index in [2.05, 4.69) is 20.5 Å². The van der Waals surface area contributed by atoms with Gasteiger partial charge in [-0.2, -0.15) is 0 Å². The highest BCUT2D eigenvalue weighted by Gasteiger charge is 2.19. The molecule has 0 saturated heterocycles. The highest BCUT2D eigenvalue weighted by Crippen LogP contribution is 2.24. The molecule has 10 heteroatoms. The van der Waals surface area contributed by atoms with Crippen LogP contribution in [0.4, 0.5) is 10.8 Å². The number of nitro groups is 1. The van der Waals surface area contributed by atoms with Crippen molar-refractivity contribution in [1.82, 2.24) is 19.7 Å². The molecule has 0 atom stereocenters. The second-order valence-electron chi connectivity index (χ2n) is 4.13. The Morgan fingerprint density at radius 3 is 2.91 bits per heavy atom. The Labute approximate surface area is 127 Å². The Morgan fingerprint density at radius 1 is 1.41 bits per heavy atom. The van der Waals surface area contributed by atoms with Crippen molar-refractivity contribution in [3.63, 3.8) is 0 Å². The van der Waals surface area contributed by atoms with E-state index in [1.165, 1.54) is 40.8 Å². The second kappa shape index (κ2) is 5.69. The largest absolute Gasteiger partial charge is 0.300 e. The normalized spacial score (nSPS) is 10.4. The molecule has 2 heterocycles. The minimum atomic E-state index is -0.545. The van der Waals surface area contributed by atoms with Gasteiger partial charge in [-0.15, -0.1) is 10.2 Å². The Balaban J connectivity index is 1.95. The molecule has 0 aliphatic carbocycles. The van der Waals surface area contributed by atoms with Gasteiger partial charge in [0.1, 0.15) is 11.2 Å². The van der Waals surface area contributed by atoms with E-state index in [0.29, 0.717) is 10.8 Å². The molecule has 3 rings (SSSR count). The molecule has 0 aliphatic heterocycles. The molecule has 3 aromatic rings. The summed E-state index contributed by atoms with van der Waals surface area (Å²) in [5.41, 5.74) is 1.77. The molecular formula is C12H8N6O3S. The van der Waals surface area contributed by atoms with Gasteiger partial charge in [-0.1, -0.05) is 11.3 Å². The fourth-order valence-electron chi connectivity index (χ4n) is 1.83. The number of imidazole rings is 1. The van der Waals surface area contributed by atoms with Crippen LogP contribution in [0.5, 0.6) is 0 Å². The van der Waals surface area contributed by atoms with Crippen LogP contribution in [0.15, 0.2) is 42.4 Å². The van der Waals surface area contributed by atoms with Crippen molar-refractivity contribution < 1.29 is 9.72 Å². The van der Waals surface area contributed by atoms with E-state index in [0.717, 1.165) is 11.3 Å². The van der Waals surface area contributed by atoms with Crippen molar-refractivity contribution in [2.45, 2.75) is 0 Å². The highest BCUT2D eigenvalue weighted by molar-refractivity contribution is 7.13. The molecule has 0 fully saturated rings. The van der Waals surface area contributed by atoms with Crippen LogP contribution < -0.4 is 5.32 Å². The summed E-state index contributed by atoms with van der Waals surface area (Å²) >= 11 is 1.16. The van der Waals surface area contributed by atoms with Crippen LogP contribution in [-0.2, 0) is 0 Å². The third kappa shape index (κ3) is 2.67. The molecule has 9 nitrogen and oxygen atoms in total. The molecule has 0 spiro atoms. The molecule has 110 valence electrons. The summed E-state index contributed by atoms with van der Waals surface area (Å²) in [5, 5.41) is 21.4. The minimum absolute atomic E-state index is 0.158. The van der Waals surface area contributed by atoms with Gasteiger partial charge in [0.25, 0.3) is 11.6 Å². The maximum Gasteiger partial charge on any atom is 0.294 e. The topological polar surface area (TPSA) is 116 Å². The fraction of sp³-hybridized carbons (Fsp3) is 0. The quantitative estimate of drug-likeness (QED) is 0.580. The molecule has 2 aromatic heterocycles. The van der Waals surface area contributed by atoms with E-state index in [-0.39, 0.29) is 11.3 Å². The molecule has 1 aromatic carbocycles. The first-order chi connectivity index (χ1) is 10.6. The summed E-state index contributed by atoms with van der Waals surface area (Å²) in [5.74, 6) is -0.489. The fourth-order valence-corrected chi connectivity index (χ4v) is 2.27. The predicted octanol–water partition coefficient (Wildman–Crippen LogP) is 1.88. The van der Waals surface area contributed by atoms with Crippen molar-refractivity contribution in [2.24, 2.45) is 0 Å². The lowest BCUT2D eigenvalue weighted by atomic mass is 10.1. The van der Waals surface area contributed by atoms with E-state index >= 15 is 0 Å². The maximum absolute atomic E-state index is 12.1. The number of amides is 1. The Kier molecular flexibility index (Phi) is 3.58. The van der Waals surface area contributed by atoms with Crippen LogP contribution in [0.2, 0.25) is 0 Å². The molecule has 1 N–H and O–H groups in total. The zero-order valence-electron chi connectivity index (χ0n) is 10.9. The molecule has 0 radical (unpaired) electrons. The summed E-state index contributed by atoms with van der Waals surface area (Å²) in [6.07, 6.45) is 4.55. The molecule has 0 bridgehead atoms. The van der Waals surface area contributed by atoms with E-state index in [4.69, 9.17) is 0 Å². The number of nitrogens with zero attached hydrogens (tertiary/aromatic N) is 5. The van der Waals surface area contributed by atoms with Crippen LogP contribution in [0.1, 0.15) is 10.4 Å². The van der Waals surface area contributed by atoms with Crippen molar-refractivity contribution in [3.8, 4) is 5.69 Å². The summed E-state index contributed by atoms with van der Waals surface area (Å²) in [6.45, 7) is 0. The number of carbonyl (C=O) groups is 1. The summed E-state index contributed by atoms with van der Waals surface area (Å²) in [6, 6.07) is 4.21. The number of hydrogen-bond acceptors (Lipinski definition) is 7. The molecular weight excluding hydrogens is 308 g/mol. The Hall–Kier alpha value is -3.14. The van der Waals surface area contributed by atoms with Gasteiger partial charge < -0.3 is 4.57 Å². The first kappa shape index (κ1) is 13.8. The van der Waals surface area contributed by atoms with Crippen molar-refractivity contribution in [3.05, 3.63) is 58.1 Å². The zero-order valence-corrected chi connectivity index (χ0v) is 11.7. The highest BCUT2D eigenvalue weighted by atomic mass is 32.1. The number of hydrogen-bond donors (Lipinski definition) is 1. The lowest BCUT2D eigenvalue weighted by Gasteiger charge is -2.06. The molecule has 0 saturated carbocycles. The Bertz CT molecular complexity index is 816. The number of aromatic nitrogens is 4. The number of benzene rings is 1. The third-order valence-electron chi connectivity index (χ3n) is 2.80. The molecule has 22 heavy (non-hydrogen) atoms. The predicted molar refractivity (Wildman–Crippen MR) is 78.1 cm³/mol. The van der Waals surface area contributed by atoms with Gasteiger partial charge in [0.2, 0.25) is 5.13 Å². The number of nitrogens with one attached hydrogen (secondary N) is 1. The average Bonchev–Trinajstić information content (AvgIpc) is 3.19. The molecule has 1 amide bonds. The van der Waals surface area contributed by atoms with E-state index in [1.807, 2.05) is 0 Å². The lowest BCUT2D eigenvalue weighted by molar-refractivity contribution is -0.384. The number of rotatable bonds is 4. The SMILES string of the molecule is O=C(Nc1nncs1)c1ccc(-n2ccnc2)c([N+](=O)[O-])c1. The van der Waals surface area contributed by atoms with Gasteiger partial charge in [-0.3, -0.25) is 20.2 Å². The monoisotopic (exact) mass is 316 g/mol. The minimum Gasteiger partial charge on any atom is -0.300 e. The van der Waals surface area contributed by atoms with Gasteiger partial charge in [0, 0.05) is 24.0 Å². The van der Waals surface area contributed by atoms with Gasteiger partial charge in [-0.05, 0) is 12.1 Å². The van der Waals surface area contributed by atoms with E-state index in [9.17, 15) is 14.9 Å². The van der Waals surface area contributed by atoms with E-state index < -0.39 is 10.8 Å².